The third kappa shape index (κ3) is 3.41. The first-order chi connectivity index (χ1) is 8.32. The highest BCUT2D eigenvalue weighted by Gasteiger charge is 2.18. The molecule has 0 bridgehead atoms. The lowest BCUT2D eigenvalue weighted by molar-refractivity contribution is -0.384. The molecular formula is C11H14ClN3O3. The molecule has 0 aliphatic carbocycles. The average molecular weight is 272 g/mol. The lowest BCUT2D eigenvalue weighted by Gasteiger charge is -2.15. The first-order valence-corrected chi connectivity index (χ1v) is 5.71. The average Bonchev–Trinajstić information content (AvgIpc) is 2.27. The minimum atomic E-state index is -0.640. The lowest BCUT2D eigenvalue weighted by Crippen LogP contribution is -2.39. The molecule has 7 heteroatoms. The highest BCUT2D eigenvalue weighted by atomic mass is 35.5. The van der Waals surface area contributed by atoms with Crippen LogP contribution in [0.1, 0.15) is 13.8 Å². The van der Waals surface area contributed by atoms with Gasteiger partial charge in [-0.2, -0.15) is 0 Å². The van der Waals surface area contributed by atoms with Gasteiger partial charge in [0.2, 0.25) is 5.91 Å². The van der Waals surface area contributed by atoms with Gasteiger partial charge in [0.05, 0.1) is 11.0 Å². The molecular weight excluding hydrogens is 258 g/mol. The molecule has 0 heterocycles. The number of carbonyl (C=O) groups excluding carboxylic acids is 1. The first-order valence-electron chi connectivity index (χ1n) is 5.33. The van der Waals surface area contributed by atoms with Crippen LogP contribution in [0.2, 0.25) is 5.02 Å². The van der Waals surface area contributed by atoms with Gasteiger partial charge in [0, 0.05) is 11.8 Å². The van der Waals surface area contributed by atoms with E-state index in [-0.39, 0.29) is 22.5 Å². The van der Waals surface area contributed by atoms with Crippen molar-refractivity contribution in [1.29, 1.82) is 0 Å². The quantitative estimate of drug-likeness (QED) is 0.647. The first kappa shape index (κ1) is 14.4. The molecule has 0 unspecified atom stereocenters. The van der Waals surface area contributed by atoms with Crippen molar-refractivity contribution in [1.82, 2.24) is 0 Å². The topological polar surface area (TPSA) is 98.3 Å². The fraction of sp³-hybridized carbons (Fsp3) is 0.364. The van der Waals surface area contributed by atoms with Crippen LogP contribution in [0.4, 0.5) is 11.4 Å². The van der Waals surface area contributed by atoms with Gasteiger partial charge in [0.25, 0.3) is 5.69 Å². The van der Waals surface area contributed by atoms with Crippen molar-refractivity contribution in [2.75, 3.05) is 5.32 Å². The monoisotopic (exact) mass is 271 g/mol. The molecule has 1 aromatic rings. The molecule has 0 radical (unpaired) electrons. The van der Waals surface area contributed by atoms with Gasteiger partial charge in [-0.05, 0) is 18.1 Å². The molecule has 6 nitrogen and oxygen atoms in total. The number of hydrogen-bond donors (Lipinski definition) is 2. The normalized spacial score (nSPS) is 12.3. The Labute approximate surface area is 109 Å². The molecule has 1 aromatic carbocycles. The van der Waals surface area contributed by atoms with Crippen LogP contribution in [0.15, 0.2) is 18.2 Å². The van der Waals surface area contributed by atoms with Crippen molar-refractivity contribution in [3.8, 4) is 0 Å². The molecule has 0 saturated carbocycles. The van der Waals surface area contributed by atoms with Crippen LogP contribution in [0.3, 0.4) is 0 Å². The van der Waals surface area contributed by atoms with E-state index >= 15 is 0 Å². The van der Waals surface area contributed by atoms with Gasteiger partial charge in [-0.3, -0.25) is 14.9 Å². The van der Waals surface area contributed by atoms with Gasteiger partial charge in [0.1, 0.15) is 5.02 Å². The molecule has 0 aromatic heterocycles. The molecule has 0 spiro atoms. The van der Waals surface area contributed by atoms with Crippen molar-refractivity contribution < 1.29 is 9.72 Å². The molecule has 1 atom stereocenters. The molecule has 1 rings (SSSR count). The maximum atomic E-state index is 11.7. The SMILES string of the molecule is CC(C)[C@H](N)C(=O)Nc1ccc([N+](=O)[O-])c(Cl)c1. The number of nitro benzene ring substituents is 1. The van der Waals surface area contributed by atoms with Gasteiger partial charge < -0.3 is 11.1 Å². The third-order valence-corrected chi connectivity index (χ3v) is 2.74. The molecule has 18 heavy (non-hydrogen) atoms. The third-order valence-electron chi connectivity index (χ3n) is 2.43. The van der Waals surface area contributed by atoms with E-state index in [0.717, 1.165) is 0 Å². The molecule has 98 valence electrons. The van der Waals surface area contributed by atoms with Crippen LogP contribution in [0, 0.1) is 16.0 Å². The van der Waals surface area contributed by atoms with Crippen LogP contribution in [-0.4, -0.2) is 16.9 Å². The summed E-state index contributed by atoms with van der Waals surface area (Å²) in [4.78, 5) is 21.6. The standard InChI is InChI=1S/C11H14ClN3O3/c1-6(2)10(13)11(16)14-7-3-4-9(15(17)18)8(12)5-7/h3-6,10H,13H2,1-2H3,(H,14,16)/t10-/m0/s1. The summed E-state index contributed by atoms with van der Waals surface area (Å²) >= 11 is 5.73. The Balaban J connectivity index is 2.84. The number of nitrogens with zero attached hydrogens (tertiary/aromatic N) is 1. The Bertz CT molecular complexity index is 477. The van der Waals surface area contributed by atoms with Gasteiger partial charge in [-0.25, -0.2) is 0 Å². The summed E-state index contributed by atoms with van der Waals surface area (Å²) < 4.78 is 0. The number of nitrogens with two attached hydrogens (primary N) is 1. The molecule has 1 amide bonds. The number of amides is 1. The zero-order valence-electron chi connectivity index (χ0n) is 10.0. The summed E-state index contributed by atoms with van der Waals surface area (Å²) in [6.45, 7) is 3.65. The Hall–Kier alpha value is -1.66. The number of nitro groups is 1. The summed E-state index contributed by atoms with van der Waals surface area (Å²) in [7, 11) is 0. The van der Waals surface area contributed by atoms with E-state index in [4.69, 9.17) is 17.3 Å². The zero-order chi connectivity index (χ0) is 13.9. The molecule has 0 fully saturated rings. The lowest BCUT2D eigenvalue weighted by atomic mass is 10.0. The summed E-state index contributed by atoms with van der Waals surface area (Å²) in [6, 6.07) is 3.33. The van der Waals surface area contributed by atoms with E-state index in [1.54, 1.807) is 0 Å². The van der Waals surface area contributed by atoms with E-state index in [1.807, 2.05) is 13.8 Å². The van der Waals surface area contributed by atoms with Crippen molar-refractivity contribution in [3.63, 3.8) is 0 Å². The minimum Gasteiger partial charge on any atom is -0.325 e. The van der Waals surface area contributed by atoms with Crippen LogP contribution in [0.25, 0.3) is 0 Å². The maximum Gasteiger partial charge on any atom is 0.288 e. The van der Waals surface area contributed by atoms with Crippen LogP contribution < -0.4 is 11.1 Å². The number of anilines is 1. The predicted molar refractivity (Wildman–Crippen MR) is 69.5 cm³/mol. The second kappa shape index (κ2) is 5.79. The van der Waals surface area contributed by atoms with Gasteiger partial charge in [-0.1, -0.05) is 25.4 Å². The minimum absolute atomic E-state index is 0.00137. The Morgan fingerprint density at radius 2 is 2.11 bits per heavy atom. The van der Waals surface area contributed by atoms with Crippen LogP contribution in [-0.2, 0) is 4.79 Å². The van der Waals surface area contributed by atoms with E-state index in [9.17, 15) is 14.9 Å². The number of nitrogens with one attached hydrogen (secondary N) is 1. The zero-order valence-corrected chi connectivity index (χ0v) is 10.8. The maximum absolute atomic E-state index is 11.7. The summed E-state index contributed by atoms with van der Waals surface area (Å²) in [5.41, 5.74) is 5.85. The smallest absolute Gasteiger partial charge is 0.288 e. The number of hydrogen-bond acceptors (Lipinski definition) is 4. The summed E-state index contributed by atoms with van der Waals surface area (Å²) in [6.07, 6.45) is 0. The molecule has 3 N–H and O–H groups in total. The fourth-order valence-electron chi connectivity index (χ4n) is 1.26. The van der Waals surface area contributed by atoms with Gasteiger partial charge in [0.15, 0.2) is 0 Å². The Morgan fingerprint density at radius 1 is 1.50 bits per heavy atom. The Morgan fingerprint density at radius 3 is 2.56 bits per heavy atom. The second-order valence-electron chi connectivity index (χ2n) is 4.18. The number of rotatable bonds is 4. The Kier molecular flexibility index (Phi) is 4.63. The van der Waals surface area contributed by atoms with Crippen molar-refractivity contribution in [2.24, 2.45) is 11.7 Å². The van der Waals surface area contributed by atoms with Crippen LogP contribution >= 0.6 is 11.6 Å². The largest absolute Gasteiger partial charge is 0.325 e. The summed E-state index contributed by atoms with van der Waals surface area (Å²) in [5, 5.41) is 13.1. The molecule has 0 aliphatic rings. The summed E-state index contributed by atoms with van der Waals surface area (Å²) in [5.74, 6) is -0.353. The molecule has 0 aliphatic heterocycles. The van der Waals surface area contributed by atoms with E-state index in [0.29, 0.717) is 5.69 Å². The predicted octanol–water partition coefficient (Wildman–Crippen LogP) is 2.17. The number of carbonyl (C=O) groups is 1. The number of benzene rings is 1. The number of halogens is 1. The van der Waals surface area contributed by atoms with Crippen molar-refractivity contribution >= 4 is 28.9 Å². The van der Waals surface area contributed by atoms with Gasteiger partial charge in [-0.15, -0.1) is 0 Å². The second-order valence-corrected chi connectivity index (χ2v) is 4.59. The fourth-order valence-corrected chi connectivity index (χ4v) is 1.51. The van der Waals surface area contributed by atoms with Crippen molar-refractivity contribution in [2.45, 2.75) is 19.9 Å². The molecule has 0 saturated heterocycles. The van der Waals surface area contributed by atoms with E-state index in [2.05, 4.69) is 5.32 Å². The van der Waals surface area contributed by atoms with Crippen LogP contribution in [0.5, 0.6) is 0 Å². The van der Waals surface area contributed by atoms with Gasteiger partial charge >= 0.3 is 0 Å². The van der Waals surface area contributed by atoms with E-state index in [1.165, 1.54) is 18.2 Å². The van der Waals surface area contributed by atoms with E-state index < -0.39 is 11.0 Å². The van der Waals surface area contributed by atoms with Crippen molar-refractivity contribution in [3.05, 3.63) is 33.3 Å². The highest BCUT2D eigenvalue weighted by Crippen LogP contribution is 2.27. The highest BCUT2D eigenvalue weighted by molar-refractivity contribution is 6.33.